The van der Waals surface area contributed by atoms with Gasteiger partial charge in [0, 0.05) is 17.4 Å². The van der Waals surface area contributed by atoms with Crippen molar-refractivity contribution in [2.75, 3.05) is 0 Å². The lowest BCUT2D eigenvalue weighted by molar-refractivity contribution is 0.217. The van der Waals surface area contributed by atoms with Crippen LogP contribution in [0.25, 0.3) is 11.8 Å². The summed E-state index contributed by atoms with van der Waals surface area (Å²) in [4.78, 5) is 0. The number of benzene rings is 3. The third-order valence-corrected chi connectivity index (χ3v) is 6.26. The highest BCUT2D eigenvalue weighted by Gasteiger charge is 2.41. The van der Waals surface area contributed by atoms with Gasteiger partial charge in [0.2, 0.25) is 0 Å². The Labute approximate surface area is 190 Å². The molecule has 1 aliphatic carbocycles. The SMILES string of the molecule is C=C(O)c1ccc(Cc2ccccc2/C=C/C2(c3ccc(CC(C)(C)F)cc3)CC2)cc1. The number of allylic oxidation sites excluding steroid dienone is 1. The largest absolute Gasteiger partial charge is 0.508 e. The summed E-state index contributed by atoms with van der Waals surface area (Å²) in [5, 5.41) is 9.54. The van der Waals surface area contributed by atoms with Gasteiger partial charge in [0.25, 0.3) is 0 Å². The second-order valence-electron chi connectivity index (χ2n) is 9.60. The Hall–Kier alpha value is -3.13. The average molecular weight is 427 g/mol. The zero-order valence-corrected chi connectivity index (χ0v) is 18.9. The summed E-state index contributed by atoms with van der Waals surface area (Å²) >= 11 is 0. The lowest BCUT2D eigenvalue weighted by Crippen LogP contribution is -2.15. The van der Waals surface area contributed by atoms with Gasteiger partial charge >= 0.3 is 0 Å². The normalized spacial score (nSPS) is 15.1. The summed E-state index contributed by atoms with van der Waals surface area (Å²) in [6, 6.07) is 24.9. The molecular weight excluding hydrogens is 395 g/mol. The van der Waals surface area contributed by atoms with E-state index in [0.29, 0.717) is 6.42 Å². The molecule has 0 saturated heterocycles. The van der Waals surface area contributed by atoms with Gasteiger partial charge in [0.05, 0.1) is 0 Å². The maximum absolute atomic E-state index is 14.0. The first-order chi connectivity index (χ1) is 15.2. The standard InChI is InChI=1S/C30H31FO/c1-22(32)25-12-8-23(9-13-25)20-27-7-5-4-6-26(27)16-17-30(18-19-30)28-14-10-24(11-15-28)21-29(2,3)31/h4-17,32H,1,18-21H2,2-3H3/b17-16+. The number of halogens is 1. The molecule has 0 heterocycles. The maximum atomic E-state index is 14.0. The molecular formula is C30H31FO. The monoisotopic (exact) mass is 426 g/mol. The number of alkyl halides is 1. The Morgan fingerprint density at radius 2 is 1.59 bits per heavy atom. The molecule has 1 saturated carbocycles. The molecule has 3 aromatic carbocycles. The van der Waals surface area contributed by atoms with Gasteiger partial charge in [-0.2, -0.15) is 0 Å². The van der Waals surface area contributed by atoms with Crippen LogP contribution in [0.3, 0.4) is 0 Å². The molecule has 0 bridgehead atoms. The van der Waals surface area contributed by atoms with Crippen molar-refractivity contribution in [3.05, 3.63) is 119 Å². The molecule has 4 rings (SSSR count). The molecule has 164 valence electrons. The summed E-state index contributed by atoms with van der Waals surface area (Å²) in [7, 11) is 0. The van der Waals surface area contributed by atoms with Crippen LogP contribution in [0, 0.1) is 0 Å². The summed E-state index contributed by atoms with van der Waals surface area (Å²) < 4.78 is 14.0. The van der Waals surface area contributed by atoms with Gasteiger partial charge in [-0.05, 0) is 60.9 Å². The van der Waals surface area contributed by atoms with Gasteiger partial charge in [0.1, 0.15) is 11.4 Å². The van der Waals surface area contributed by atoms with E-state index in [1.54, 1.807) is 13.8 Å². The smallest absolute Gasteiger partial charge is 0.115 e. The molecule has 0 aliphatic heterocycles. The zero-order valence-electron chi connectivity index (χ0n) is 18.9. The minimum absolute atomic E-state index is 0.0936. The highest BCUT2D eigenvalue weighted by atomic mass is 19.1. The average Bonchev–Trinajstić information content (AvgIpc) is 3.54. The van der Waals surface area contributed by atoms with Gasteiger partial charge in [-0.1, -0.05) is 91.5 Å². The highest BCUT2D eigenvalue weighted by Crippen LogP contribution is 2.50. The van der Waals surface area contributed by atoms with Crippen molar-refractivity contribution < 1.29 is 9.50 Å². The molecule has 1 N–H and O–H groups in total. The van der Waals surface area contributed by atoms with E-state index in [1.807, 2.05) is 24.3 Å². The van der Waals surface area contributed by atoms with Crippen LogP contribution in [-0.4, -0.2) is 10.8 Å². The van der Waals surface area contributed by atoms with Crippen LogP contribution in [0.1, 0.15) is 60.1 Å². The second-order valence-corrected chi connectivity index (χ2v) is 9.60. The number of aliphatic hydroxyl groups excluding tert-OH is 1. The molecule has 0 atom stereocenters. The molecule has 2 heteroatoms. The molecule has 1 aliphatic rings. The molecule has 32 heavy (non-hydrogen) atoms. The first kappa shape index (κ1) is 22.1. The van der Waals surface area contributed by atoms with Crippen molar-refractivity contribution in [2.45, 2.75) is 50.6 Å². The number of hydrogen-bond donors (Lipinski definition) is 1. The molecule has 0 amide bonds. The lowest BCUT2D eigenvalue weighted by Gasteiger charge is -2.16. The van der Waals surface area contributed by atoms with Crippen molar-refractivity contribution in [3.8, 4) is 0 Å². The highest BCUT2D eigenvalue weighted by molar-refractivity contribution is 5.59. The molecule has 1 fully saturated rings. The second kappa shape index (κ2) is 8.78. The van der Waals surface area contributed by atoms with E-state index in [4.69, 9.17) is 0 Å². The fraction of sp³-hybridized carbons (Fsp3) is 0.267. The molecule has 0 unspecified atom stereocenters. The quantitative estimate of drug-likeness (QED) is 0.364. The summed E-state index contributed by atoms with van der Waals surface area (Å²) in [6.07, 6.45) is 8.16. The van der Waals surface area contributed by atoms with E-state index in [9.17, 15) is 9.50 Å². The predicted molar refractivity (Wildman–Crippen MR) is 133 cm³/mol. The Morgan fingerprint density at radius 1 is 0.969 bits per heavy atom. The van der Waals surface area contributed by atoms with Crippen LogP contribution in [0.15, 0.2) is 85.5 Å². The fourth-order valence-corrected chi connectivity index (χ4v) is 4.27. The Balaban J connectivity index is 1.50. The van der Waals surface area contributed by atoms with Crippen LogP contribution in [0.4, 0.5) is 4.39 Å². The maximum Gasteiger partial charge on any atom is 0.115 e. The Morgan fingerprint density at radius 3 is 2.19 bits per heavy atom. The van der Waals surface area contributed by atoms with Crippen LogP contribution >= 0.6 is 0 Å². The van der Waals surface area contributed by atoms with Crippen molar-refractivity contribution in [1.82, 2.24) is 0 Å². The van der Waals surface area contributed by atoms with E-state index in [-0.39, 0.29) is 11.2 Å². The van der Waals surface area contributed by atoms with Crippen LogP contribution in [-0.2, 0) is 18.3 Å². The van der Waals surface area contributed by atoms with Gasteiger partial charge in [0.15, 0.2) is 0 Å². The number of hydrogen-bond acceptors (Lipinski definition) is 1. The van der Waals surface area contributed by atoms with Crippen molar-refractivity contribution in [3.63, 3.8) is 0 Å². The molecule has 3 aromatic rings. The summed E-state index contributed by atoms with van der Waals surface area (Å²) in [5.74, 6) is 0.0936. The van der Waals surface area contributed by atoms with Crippen LogP contribution in [0.2, 0.25) is 0 Å². The van der Waals surface area contributed by atoms with Gasteiger partial charge in [-0.15, -0.1) is 0 Å². The minimum atomic E-state index is -1.19. The summed E-state index contributed by atoms with van der Waals surface area (Å²) in [5.41, 5.74) is 5.71. The third kappa shape index (κ3) is 5.37. The molecule has 1 nitrogen and oxygen atoms in total. The number of aliphatic hydroxyl groups is 1. The first-order valence-corrected chi connectivity index (χ1v) is 11.3. The van der Waals surface area contributed by atoms with Crippen molar-refractivity contribution >= 4 is 11.8 Å². The Kier molecular flexibility index (Phi) is 6.06. The van der Waals surface area contributed by atoms with Crippen LogP contribution < -0.4 is 0 Å². The van der Waals surface area contributed by atoms with E-state index >= 15 is 0 Å². The minimum Gasteiger partial charge on any atom is -0.508 e. The topological polar surface area (TPSA) is 20.2 Å². The molecule has 0 radical (unpaired) electrons. The van der Waals surface area contributed by atoms with E-state index in [2.05, 4.69) is 67.3 Å². The molecule has 0 aromatic heterocycles. The lowest BCUT2D eigenvalue weighted by atomic mass is 9.91. The van der Waals surface area contributed by atoms with Crippen molar-refractivity contribution in [2.24, 2.45) is 0 Å². The van der Waals surface area contributed by atoms with Gasteiger partial charge in [-0.3, -0.25) is 0 Å². The zero-order chi connectivity index (χ0) is 22.8. The fourth-order valence-electron chi connectivity index (χ4n) is 4.27. The summed E-state index contributed by atoms with van der Waals surface area (Å²) in [6.45, 7) is 6.83. The van der Waals surface area contributed by atoms with E-state index < -0.39 is 5.67 Å². The van der Waals surface area contributed by atoms with E-state index in [1.165, 1.54) is 22.3 Å². The van der Waals surface area contributed by atoms with Gasteiger partial charge in [-0.25, -0.2) is 4.39 Å². The van der Waals surface area contributed by atoms with Gasteiger partial charge < -0.3 is 5.11 Å². The van der Waals surface area contributed by atoms with E-state index in [0.717, 1.165) is 30.4 Å². The Bertz CT molecular complexity index is 1110. The predicted octanol–water partition coefficient (Wildman–Crippen LogP) is 7.84. The van der Waals surface area contributed by atoms with Crippen molar-refractivity contribution in [1.29, 1.82) is 0 Å². The first-order valence-electron chi connectivity index (χ1n) is 11.3. The van der Waals surface area contributed by atoms with Crippen LogP contribution in [0.5, 0.6) is 0 Å². The third-order valence-electron chi connectivity index (χ3n) is 6.26. The number of rotatable bonds is 8. The molecule has 0 spiro atoms.